The Kier molecular flexibility index (Phi) is 4.85. The van der Waals surface area contributed by atoms with Crippen molar-refractivity contribution in [2.45, 2.75) is 18.9 Å². The molecule has 2 aliphatic rings. The maximum absolute atomic E-state index is 12.2. The lowest BCUT2D eigenvalue weighted by atomic mass is 10.1. The Hall–Kier alpha value is -1.43. The first kappa shape index (κ1) is 14.5. The van der Waals surface area contributed by atoms with Gasteiger partial charge in [-0.15, -0.1) is 0 Å². The molecule has 5 nitrogen and oxygen atoms in total. The van der Waals surface area contributed by atoms with E-state index in [1.807, 2.05) is 41.1 Å². The summed E-state index contributed by atoms with van der Waals surface area (Å²) >= 11 is 1.92. The van der Waals surface area contributed by atoms with Crippen LogP contribution in [0.3, 0.4) is 0 Å². The predicted octanol–water partition coefficient (Wildman–Crippen LogP) is 1.81. The first-order valence-corrected chi connectivity index (χ1v) is 8.77. The van der Waals surface area contributed by atoms with E-state index in [2.05, 4.69) is 15.2 Å². The van der Waals surface area contributed by atoms with E-state index in [4.69, 9.17) is 0 Å². The topological polar surface area (TPSA) is 48.5 Å². The molecule has 2 amide bonds. The molecule has 2 aliphatic heterocycles. The number of pyridine rings is 1. The van der Waals surface area contributed by atoms with E-state index in [1.54, 1.807) is 0 Å². The molecule has 3 rings (SSSR count). The fraction of sp³-hybridized carbons (Fsp3) is 0.600. The van der Waals surface area contributed by atoms with Gasteiger partial charge >= 0.3 is 6.03 Å². The highest BCUT2D eigenvalue weighted by Crippen LogP contribution is 2.17. The van der Waals surface area contributed by atoms with Gasteiger partial charge in [-0.25, -0.2) is 9.78 Å². The lowest BCUT2D eigenvalue weighted by Gasteiger charge is -2.35. The zero-order chi connectivity index (χ0) is 14.5. The number of piperidine rings is 1. The zero-order valence-electron chi connectivity index (χ0n) is 12.2. The highest BCUT2D eigenvalue weighted by molar-refractivity contribution is 7.99. The lowest BCUT2D eigenvalue weighted by molar-refractivity contribution is 0.196. The van der Waals surface area contributed by atoms with Crippen molar-refractivity contribution in [3.63, 3.8) is 0 Å². The van der Waals surface area contributed by atoms with Gasteiger partial charge in [-0.1, -0.05) is 6.07 Å². The second-order valence-corrected chi connectivity index (χ2v) is 6.72. The minimum absolute atomic E-state index is 0.117. The number of aromatic nitrogens is 1. The normalized spacial score (nSPS) is 20.4. The summed E-state index contributed by atoms with van der Waals surface area (Å²) in [4.78, 5) is 20.8. The van der Waals surface area contributed by atoms with Crippen molar-refractivity contribution < 1.29 is 4.79 Å². The number of nitrogens with zero attached hydrogens (tertiary/aromatic N) is 3. The van der Waals surface area contributed by atoms with Crippen LogP contribution in [0.15, 0.2) is 24.4 Å². The molecular formula is C15H22N4OS. The Morgan fingerprint density at radius 1 is 1.19 bits per heavy atom. The molecule has 2 fully saturated rings. The van der Waals surface area contributed by atoms with Crippen molar-refractivity contribution in [3.05, 3.63) is 24.4 Å². The standard InChI is InChI=1S/C15H22N4OS/c20-15(19-9-11-21-12-10-19)17-13-4-7-18(8-5-13)14-3-1-2-6-16-14/h1-3,6,13H,4-5,7-12H2,(H,17,20). The summed E-state index contributed by atoms with van der Waals surface area (Å²) in [5.41, 5.74) is 0. The van der Waals surface area contributed by atoms with Crippen LogP contribution in [0.25, 0.3) is 0 Å². The highest BCUT2D eigenvalue weighted by atomic mass is 32.2. The Labute approximate surface area is 130 Å². The first-order chi connectivity index (χ1) is 10.3. The minimum atomic E-state index is 0.117. The van der Waals surface area contributed by atoms with Crippen LogP contribution >= 0.6 is 11.8 Å². The maximum atomic E-state index is 12.2. The average molecular weight is 306 g/mol. The van der Waals surface area contributed by atoms with Gasteiger partial charge in [-0.3, -0.25) is 0 Å². The lowest BCUT2D eigenvalue weighted by Crippen LogP contribution is -2.51. The molecule has 0 spiro atoms. The number of carbonyl (C=O) groups excluding carboxylic acids is 1. The number of hydrogen-bond acceptors (Lipinski definition) is 4. The molecular weight excluding hydrogens is 284 g/mol. The number of urea groups is 1. The molecule has 0 aliphatic carbocycles. The fourth-order valence-corrected chi connectivity index (χ4v) is 3.73. The molecule has 114 valence electrons. The Morgan fingerprint density at radius 2 is 1.95 bits per heavy atom. The second kappa shape index (κ2) is 7.02. The van der Waals surface area contributed by atoms with Crippen LogP contribution in [0, 0.1) is 0 Å². The van der Waals surface area contributed by atoms with Crippen LogP contribution < -0.4 is 10.2 Å². The molecule has 0 atom stereocenters. The first-order valence-electron chi connectivity index (χ1n) is 7.62. The molecule has 0 saturated carbocycles. The highest BCUT2D eigenvalue weighted by Gasteiger charge is 2.24. The number of amides is 2. The van der Waals surface area contributed by atoms with Crippen LogP contribution in [-0.2, 0) is 0 Å². The van der Waals surface area contributed by atoms with Gasteiger partial charge in [0.25, 0.3) is 0 Å². The third-order valence-corrected chi connectivity index (χ3v) is 5.04. The van der Waals surface area contributed by atoms with Gasteiger partial charge in [0.05, 0.1) is 0 Å². The summed E-state index contributed by atoms with van der Waals surface area (Å²) in [6, 6.07) is 6.42. The van der Waals surface area contributed by atoms with E-state index >= 15 is 0 Å². The van der Waals surface area contributed by atoms with E-state index in [1.165, 1.54) is 0 Å². The minimum Gasteiger partial charge on any atom is -0.356 e. The van der Waals surface area contributed by atoms with Gasteiger partial charge < -0.3 is 15.1 Å². The number of hydrogen-bond donors (Lipinski definition) is 1. The van der Waals surface area contributed by atoms with Crippen LogP contribution in [0.5, 0.6) is 0 Å². The smallest absolute Gasteiger partial charge is 0.317 e. The predicted molar refractivity (Wildman–Crippen MR) is 86.9 cm³/mol. The van der Waals surface area contributed by atoms with Crippen molar-refractivity contribution in [1.29, 1.82) is 0 Å². The van der Waals surface area contributed by atoms with Gasteiger partial charge in [0.2, 0.25) is 0 Å². The number of thioether (sulfide) groups is 1. The largest absolute Gasteiger partial charge is 0.356 e. The maximum Gasteiger partial charge on any atom is 0.317 e. The monoisotopic (exact) mass is 306 g/mol. The van der Waals surface area contributed by atoms with Crippen LogP contribution in [-0.4, -0.2) is 59.6 Å². The van der Waals surface area contributed by atoms with Crippen molar-refractivity contribution in [1.82, 2.24) is 15.2 Å². The summed E-state index contributed by atoms with van der Waals surface area (Å²) in [7, 11) is 0. The third kappa shape index (κ3) is 3.81. The summed E-state index contributed by atoms with van der Waals surface area (Å²) in [6.07, 6.45) is 3.81. The fourth-order valence-electron chi connectivity index (χ4n) is 2.83. The molecule has 1 aromatic heterocycles. The van der Waals surface area contributed by atoms with Crippen molar-refractivity contribution >= 4 is 23.6 Å². The number of carbonyl (C=O) groups is 1. The molecule has 0 unspecified atom stereocenters. The van der Waals surface area contributed by atoms with Gasteiger partial charge in [0.15, 0.2) is 0 Å². The van der Waals surface area contributed by atoms with Gasteiger partial charge in [-0.2, -0.15) is 11.8 Å². The summed E-state index contributed by atoms with van der Waals surface area (Å²) in [5, 5.41) is 3.19. The number of nitrogens with one attached hydrogen (secondary N) is 1. The average Bonchev–Trinajstić information content (AvgIpc) is 2.57. The van der Waals surface area contributed by atoms with E-state index in [0.717, 1.165) is 56.3 Å². The van der Waals surface area contributed by atoms with Crippen LogP contribution in [0.2, 0.25) is 0 Å². The summed E-state index contributed by atoms with van der Waals surface area (Å²) < 4.78 is 0. The van der Waals surface area contributed by atoms with Crippen LogP contribution in [0.4, 0.5) is 10.6 Å². The van der Waals surface area contributed by atoms with E-state index < -0.39 is 0 Å². The number of anilines is 1. The van der Waals surface area contributed by atoms with Gasteiger partial charge in [0.1, 0.15) is 5.82 Å². The van der Waals surface area contributed by atoms with E-state index in [-0.39, 0.29) is 6.03 Å². The SMILES string of the molecule is O=C(NC1CCN(c2ccccn2)CC1)N1CCSCC1. The second-order valence-electron chi connectivity index (χ2n) is 5.50. The Bertz CT molecular complexity index is 456. The summed E-state index contributed by atoms with van der Waals surface area (Å²) in [5.74, 6) is 3.16. The van der Waals surface area contributed by atoms with E-state index in [9.17, 15) is 4.79 Å². The third-order valence-electron chi connectivity index (χ3n) is 4.09. The van der Waals surface area contributed by atoms with Crippen molar-refractivity contribution in [3.8, 4) is 0 Å². The van der Waals surface area contributed by atoms with Crippen molar-refractivity contribution in [2.75, 3.05) is 42.6 Å². The van der Waals surface area contributed by atoms with Crippen molar-refractivity contribution in [2.24, 2.45) is 0 Å². The van der Waals surface area contributed by atoms with Crippen LogP contribution in [0.1, 0.15) is 12.8 Å². The molecule has 0 aromatic carbocycles. The van der Waals surface area contributed by atoms with Gasteiger partial charge in [0, 0.05) is 49.9 Å². The number of rotatable bonds is 2. The molecule has 1 aromatic rings. The molecule has 3 heterocycles. The zero-order valence-corrected chi connectivity index (χ0v) is 13.0. The van der Waals surface area contributed by atoms with Gasteiger partial charge in [-0.05, 0) is 25.0 Å². The Morgan fingerprint density at radius 3 is 2.62 bits per heavy atom. The molecule has 1 N–H and O–H groups in total. The molecule has 0 radical (unpaired) electrons. The molecule has 21 heavy (non-hydrogen) atoms. The Balaban J connectivity index is 1.46. The summed E-state index contributed by atoms with van der Waals surface area (Å²) in [6.45, 7) is 3.67. The quantitative estimate of drug-likeness (QED) is 0.905. The molecule has 0 bridgehead atoms. The van der Waals surface area contributed by atoms with E-state index in [0.29, 0.717) is 6.04 Å². The molecule has 2 saturated heterocycles. The molecule has 6 heteroatoms.